The molecule has 0 aliphatic rings. The molecular formula is C15H19N3O2. The Bertz CT molecular complexity index is 549. The Labute approximate surface area is 118 Å². The Morgan fingerprint density at radius 3 is 2.75 bits per heavy atom. The number of hydrogen-bond donors (Lipinski definition) is 1. The van der Waals surface area contributed by atoms with Gasteiger partial charge in [0, 0.05) is 12.1 Å². The molecule has 20 heavy (non-hydrogen) atoms. The maximum Gasteiger partial charge on any atom is 0.228 e. The summed E-state index contributed by atoms with van der Waals surface area (Å²) < 4.78 is 7.26. The van der Waals surface area contributed by atoms with Gasteiger partial charge in [-0.1, -0.05) is 18.2 Å². The maximum absolute atomic E-state index is 11.8. The zero-order chi connectivity index (χ0) is 14.4. The third-order valence-electron chi connectivity index (χ3n) is 2.77. The quantitative estimate of drug-likeness (QED) is 0.880. The van der Waals surface area contributed by atoms with Crippen LogP contribution in [0.4, 0.5) is 5.82 Å². The molecule has 1 aromatic heterocycles. The van der Waals surface area contributed by atoms with Crippen molar-refractivity contribution in [3.8, 4) is 5.75 Å². The van der Waals surface area contributed by atoms with Crippen molar-refractivity contribution >= 4 is 11.7 Å². The van der Waals surface area contributed by atoms with Gasteiger partial charge in [-0.15, -0.1) is 0 Å². The molecule has 0 spiro atoms. The molecule has 1 heterocycles. The number of nitrogens with one attached hydrogen (secondary N) is 1. The van der Waals surface area contributed by atoms with Gasteiger partial charge >= 0.3 is 0 Å². The van der Waals surface area contributed by atoms with Crippen molar-refractivity contribution in [3.63, 3.8) is 0 Å². The zero-order valence-corrected chi connectivity index (χ0v) is 11.7. The van der Waals surface area contributed by atoms with E-state index in [-0.39, 0.29) is 11.9 Å². The second kappa shape index (κ2) is 6.75. The number of ether oxygens (including phenoxy) is 1. The van der Waals surface area contributed by atoms with Crippen LogP contribution in [0, 0.1) is 0 Å². The highest BCUT2D eigenvalue weighted by molar-refractivity contribution is 5.89. The summed E-state index contributed by atoms with van der Waals surface area (Å²) in [6, 6.07) is 11.5. The summed E-state index contributed by atoms with van der Waals surface area (Å²) in [5.74, 6) is 1.40. The van der Waals surface area contributed by atoms with Gasteiger partial charge in [0.2, 0.25) is 5.91 Å². The number of carbonyl (C=O) groups is 1. The van der Waals surface area contributed by atoms with Gasteiger partial charge in [0.1, 0.15) is 11.6 Å². The van der Waals surface area contributed by atoms with E-state index >= 15 is 0 Å². The molecule has 5 nitrogen and oxygen atoms in total. The number of carbonyl (C=O) groups excluding carboxylic acids is 1. The standard InChI is InChI=1S/C15H19N3O2/c1-12(2)18-14(8-10-16-18)17-15(19)9-11-20-13-6-4-3-5-7-13/h3-8,10,12H,9,11H2,1-2H3,(H,17,19). The summed E-state index contributed by atoms with van der Waals surface area (Å²) in [5.41, 5.74) is 0. The van der Waals surface area contributed by atoms with Crippen LogP contribution in [0.2, 0.25) is 0 Å². The molecule has 2 rings (SSSR count). The summed E-state index contributed by atoms with van der Waals surface area (Å²) in [6.45, 7) is 4.38. The van der Waals surface area contributed by atoms with Gasteiger partial charge in [0.15, 0.2) is 0 Å². The van der Waals surface area contributed by atoms with Crippen molar-refractivity contribution in [1.82, 2.24) is 9.78 Å². The molecule has 106 valence electrons. The second-order valence-electron chi connectivity index (χ2n) is 4.71. The highest BCUT2D eigenvalue weighted by Crippen LogP contribution is 2.13. The minimum absolute atomic E-state index is 0.0802. The number of benzene rings is 1. The third-order valence-corrected chi connectivity index (χ3v) is 2.77. The fraction of sp³-hybridized carbons (Fsp3) is 0.333. The van der Waals surface area contributed by atoms with E-state index in [1.807, 2.05) is 44.2 Å². The molecule has 1 N–H and O–H groups in total. The lowest BCUT2D eigenvalue weighted by Gasteiger charge is -2.12. The van der Waals surface area contributed by atoms with E-state index in [1.165, 1.54) is 0 Å². The van der Waals surface area contributed by atoms with E-state index in [0.29, 0.717) is 18.8 Å². The average molecular weight is 273 g/mol. The Morgan fingerprint density at radius 1 is 1.30 bits per heavy atom. The number of para-hydroxylation sites is 1. The molecule has 0 saturated heterocycles. The number of hydrogen-bond acceptors (Lipinski definition) is 3. The lowest BCUT2D eigenvalue weighted by atomic mass is 10.3. The second-order valence-corrected chi connectivity index (χ2v) is 4.71. The largest absolute Gasteiger partial charge is 0.493 e. The van der Waals surface area contributed by atoms with Gasteiger partial charge < -0.3 is 10.1 Å². The van der Waals surface area contributed by atoms with Gasteiger partial charge in [0.25, 0.3) is 0 Å². The predicted molar refractivity (Wildman–Crippen MR) is 77.8 cm³/mol. The highest BCUT2D eigenvalue weighted by Gasteiger charge is 2.09. The summed E-state index contributed by atoms with van der Waals surface area (Å²) in [6.07, 6.45) is 1.98. The van der Waals surface area contributed by atoms with Crippen LogP contribution in [0.3, 0.4) is 0 Å². The summed E-state index contributed by atoms with van der Waals surface area (Å²) >= 11 is 0. The smallest absolute Gasteiger partial charge is 0.228 e. The fourth-order valence-corrected chi connectivity index (χ4v) is 1.81. The molecule has 1 aromatic carbocycles. The summed E-state index contributed by atoms with van der Waals surface area (Å²) in [7, 11) is 0. The van der Waals surface area contributed by atoms with E-state index in [4.69, 9.17) is 4.74 Å². The minimum Gasteiger partial charge on any atom is -0.493 e. The monoisotopic (exact) mass is 273 g/mol. The zero-order valence-electron chi connectivity index (χ0n) is 11.7. The van der Waals surface area contributed by atoms with Crippen LogP contribution in [0.1, 0.15) is 26.3 Å². The minimum atomic E-state index is -0.0802. The number of rotatable bonds is 6. The molecule has 0 fully saturated rings. The van der Waals surface area contributed by atoms with Crippen LogP contribution in [0.5, 0.6) is 5.75 Å². The van der Waals surface area contributed by atoms with Crippen LogP contribution in [-0.2, 0) is 4.79 Å². The van der Waals surface area contributed by atoms with Gasteiger partial charge in [-0.05, 0) is 26.0 Å². The topological polar surface area (TPSA) is 56.2 Å². The first-order valence-corrected chi connectivity index (χ1v) is 6.68. The van der Waals surface area contributed by atoms with Crippen molar-refractivity contribution < 1.29 is 9.53 Å². The Hall–Kier alpha value is -2.30. The average Bonchev–Trinajstić information content (AvgIpc) is 2.88. The lowest BCUT2D eigenvalue weighted by molar-refractivity contribution is -0.116. The normalized spacial score (nSPS) is 10.6. The summed E-state index contributed by atoms with van der Waals surface area (Å²) in [5, 5.41) is 7.01. The molecule has 2 aromatic rings. The molecule has 0 unspecified atom stereocenters. The van der Waals surface area contributed by atoms with Crippen LogP contribution >= 0.6 is 0 Å². The van der Waals surface area contributed by atoms with E-state index < -0.39 is 0 Å². The number of aromatic nitrogens is 2. The molecule has 0 bridgehead atoms. The van der Waals surface area contributed by atoms with Gasteiger partial charge in [-0.25, -0.2) is 4.68 Å². The Kier molecular flexibility index (Phi) is 4.76. The molecule has 0 aliphatic heterocycles. The molecular weight excluding hydrogens is 254 g/mol. The fourth-order valence-electron chi connectivity index (χ4n) is 1.81. The number of amides is 1. The third kappa shape index (κ3) is 3.85. The first kappa shape index (κ1) is 14.1. The van der Waals surface area contributed by atoms with Gasteiger partial charge in [0.05, 0.1) is 19.2 Å². The van der Waals surface area contributed by atoms with Crippen molar-refractivity contribution in [3.05, 3.63) is 42.6 Å². The van der Waals surface area contributed by atoms with Crippen molar-refractivity contribution in [2.45, 2.75) is 26.3 Å². The van der Waals surface area contributed by atoms with Crippen LogP contribution in [0.15, 0.2) is 42.6 Å². The van der Waals surface area contributed by atoms with E-state index in [1.54, 1.807) is 16.9 Å². The van der Waals surface area contributed by atoms with E-state index in [0.717, 1.165) is 5.75 Å². The Morgan fingerprint density at radius 2 is 2.05 bits per heavy atom. The van der Waals surface area contributed by atoms with Crippen molar-refractivity contribution in [2.75, 3.05) is 11.9 Å². The van der Waals surface area contributed by atoms with Crippen molar-refractivity contribution in [2.24, 2.45) is 0 Å². The SMILES string of the molecule is CC(C)n1nccc1NC(=O)CCOc1ccccc1. The van der Waals surface area contributed by atoms with Gasteiger partial charge in [-0.2, -0.15) is 5.10 Å². The van der Waals surface area contributed by atoms with E-state index in [9.17, 15) is 4.79 Å². The first-order chi connectivity index (χ1) is 9.66. The first-order valence-electron chi connectivity index (χ1n) is 6.68. The van der Waals surface area contributed by atoms with E-state index in [2.05, 4.69) is 10.4 Å². The molecule has 5 heteroatoms. The Balaban J connectivity index is 1.79. The lowest BCUT2D eigenvalue weighted by Crippen LogP contribution is -2.18. The van der Waals surface area contributed by atoms with Crippen LogP contribution < -0.4 is 10.1 Å². The summed E-state index contributed by atoms with van der Waals surface area (Å²) in [4.78, 5) is 11.8. The molecule has 0 aliphatic carbocycles. The molecule has 0 radical (unpaired) electrons. The number of anilines is 1. The highest BCUT2D eigenvalue weighted by atomic mass is 16.5. The van der Waals surface area contributed by atoms with Crippen molar-refractivity contribution in [1.29, 1.82) is 0 Å². The van der Waals surface area contributed by atoms with Gasteiger partial charge in [-0.3, -0.25) is 4.79 Å². The molecule has 1 amide bonds. The van der Waals surface area contributed by atoms with Crippen LogP contribution in [-0.4, -0.2) is 22.3 Å². The predicted octanol–water partition coefficient (Wildman–Crippen LogP) is 2.87. The van der Waals surface area contributed by atoms with Crippen LogP contribution in [0.25, 0.3) is 0 Å². The molecule has 0 atom stereocenters. The molecule has 0 saturated carbocycles. The maximum atomic E-state index is 11.8. The number of nitrogens with zero attached hydrogens (tertiary/aromatic N) is 2.